The molecule has 0 radical (unpaired) electrons. The quantitative estimate of drug-likeness (QED) is 0.456. The highest BCUT2D eigenvalue weighted by molar-refractivity contribution is 5.85. The van der Waals surface area contributed by atoms with Crippen molar-refractivity contribution in [1.29, 1.82) is 0 Å². The van der Waals surface area contributed by atoms with Gasteiger partial charge in [-0.2, -0.15) is 0 Å². The van der Waals surface area contributed by atoms with Crippen LogP contribution in [-0.2, 0) is 4.79 Å². The van der Waals surface area contributed by atoms with E-state index in [9.17, 15) is 4.79 Å². The Morgan fingerprint density at radius 2 is 1.41 bits per heavy atom. The van der Waals surface area contributed by atoms with Gasteiger partial charge in [-0.25, -0.2) is 0 Å². The first-order valence-electron chi connectivity index (χ1n) is 10.1. The van der Waals surface area contributed by atoms with Gasteiger partial charge in [0.15, 0.2) is 0 Å². The number of hydrogen-bond acceptors (Lipinski definition) is 1. The lowest BCUT2D eigenvalue weighted by atomic mass is 9.96. The second-order valence-electron chi connectivity index (χ2n) is 8.34. The second-order valence-corrected chi connectivity index (χ2v) is 8.34. The lowest BCUT2D eigenvalue weighted by Gasteiger charge is -2.14. The third-order valence-corrected chi connectivity index (χ3v) is 5.96. The van der Waals surface area contributed by atoms with Crippen molar-refractivity contribution in [3.63, 3.8) is 0 Å². The fraction of sp³-hybridized carbons (Fsp3) is 0.950. The molecule has 0 aromatic rings. The molecule has 1 N–H and O–H groups in total. The first kappa shape index (κ1) is 16.3. The smallest absolute Gasteiger partial charge is 0.226 e. The average Bonchev–Trinajstić information content (AvgIpc) is 3.35. The summed E-state index contributed by atoms with van der Waals surface area (Å²) in [7, 11) is 0. The molecule has 0 bridgehead atoms. The monoisotopic (exact) mass is 305 g/mol. The van der Waals surface area contributed by atoms with Crippen molar-refractivity contribution >= 4 is 5.91 Å². The van der Waals surface area contributed by atoms with Gasteiger partial charge >= 0.3 is 0 Å². The van der Waals surface area contributed by atoms with Gasteiger partial charge in [0, 0.05) is 11.5 Å². The van der Waals surface area contributed by atoms with Gasteiger partial charge in [-0.15, -0.1) is 0 Å². The van der Waals surface area contributed by atoms with E-state index < -0.39 is 0 Å². The number of nitrogens with one attached hydrogen (secondary N) is 1. The lowest BCUT2D eigenvalue weighted by molar-refractivity contribution is -0.126. The summed E-state index contributed by atoms with van der Waals surface area (Å²) < 4.78 is 0. The van der Waals surface area contributed by atoms with E-state index >= 15 is 0 Å². The minimum absolute atomic E-state index is 0.0748. The predicted octanol–water partition coefficient (Wildman–Crippen LogP) is 5.36. The van der Waals surface area contributed by atoms with Crippen LogP contribution >= 0.6 is 0 Å². The Hall–Kier alpha value is -0.530. The molecule has 126 valence electrons. The van der Waals surface area contributed by atoms with E-state index in [2.05, 4.69) is 5.32 Å². The van der Waals surface area contributed by atoms with E-state index in [1.54, 1.807) is 0 Å². The Labute approximate surface area is 136 Å². The molecule has 0 aromatic heterocycles. The molecule has 3 saturated carbocycles. The highest BCUT2D eigenvalue weighted by atomic mass is 16.2. The number of amides is 1. The van der Waals surface area contributed by atoms with Crippen LogP contribution in [0.15, 0.2) is 0 Å². The molecular weight excluding hydrogens is 270 g/mol. The molecule has 2 nitrogen and oxygen atoms in total. The maximum Gasteiger partial charge on any atom is 0.226 e. The summed E-state index contributed by atoms with van der Waals surface area (Å²) in [4.78, 5) is 12.2. The molecule has 0 unspecified atom stereocenters. The average molecular weight is 306 g/mol. The zero-order chi connectivity index (χ0) is 15.3. The zero-order valence-corrected chi connectivity index (χ0v) is 14.4. The van der Waals surface area contributed by atoms with Crippen LogP contribution in [0.5, 0.6) is 0 Å². The van der Waals surface area contributed by atoms with Gasteiger partial charge in [-0.1, -0.05) is 70.6 Å². The van der Waals surface area contributed by atoms with Crippen LogP contribution < -0.4 is 5.32 Å². The van der Waals surface area contributed by atoms with Crippen LogP contribution in [0, 0.1) is 11.3 Å². The van der Waals surface area contributed by atoms with E-state index in [1.807, 2.05) is 0 Å². The van der Waals surface area contributed by atoms with Crippen LogP contribution in [0.3, 0.4) is 0 Å². The predicted molar refractivity (Wildman–Crippen MR) is 91.7 cm³/mol. The highest BCUT2D eigenvalue weighted by Gasteiger charge is 2.49. The highest BCUT2D eigenvalue weighted by Crippen LogP contribution is 2.50. The molecule has 0 saturated heterocycles. The lowest BCUT2D eigenvalue weighted by Crippen LogP contribution is -2.33. The van der Waals surface area contributed by atoms with Crippen molar-refractivity contribution in [2.45, 2.75) is 109 Å². The maximum atomic E-state index is 12.2. The van der Waals surface area contributed by atoms with Gasteiger partial charge in [-0.05, 0) is 38.0 Å². The molecule has 0 atom stereocenters. The van der Waals surface area contributed by atoms with Crippen molar-refractivity contribution in [1.82, 2.24) is 5.32 Å². The van der Waals surface area contributed by atoms with Crippen LogP contribution in [-0.4, -0.2) is 11.9 Å². The van der Waals surface area contributed by atoms with Gasteiger partial charge < -0.3 is 5.32 Å². The Bertz CT molecular complexity index is 353. The van der Waals surface area contributed by atoms with Gasteiger partial charge in [0.05, 0.1) is 0 Å². The van der Waals surface area contributed by atoms with Crippen LogP contribution in [0.4, 0.5) is 0 Å². The molecule has 2 heteroatoms. The van der Waals surface area contributed by atoms with Gasteiger partial charge in [0.2, 0.25) is 5.91 Å². The molecule has 3 aliphatic carbocycles. The number of rotatable bonds is 13. The van der Waals surface area contributed by atoms with Crippen LogP contribution in [0.1, 0.15) is 103 Å². The molecule has 0 aromatic carbocycles. The van der Waals surface area contributed by atoms with E-state index in [0.717, 1.165) is 25.2 Å². The number of hydrogen-bond donors (Lipinski definition) is 1. The van der Waals surface area contributed by atoms with Crippen molar-refractivity contribution in [3.05, 3.63) is 0 Å². The topological polar surface area (TPSA) is 29.1 Å². The third kappa shape index (κ3) is 5.59. The van der Waals surface area contributed by atoms with Crippen LogP contribution in [0.25, 0.3) is 0 Å². The number of carbonyl (C=O) groups excluding carboxylic acids is 1. The minimum Gasteiger partial charge on any atom is -0.353 e. The van der Waals surface area contributed by atoms with Crippen molar-refractivity contribution in [2.75, 3.05) is 0 Å². The summed E-state index contributed by atoms with van der Waals surface area (Å²) >= 11 is 0. The zero-order valence-electron chi connectivity index (χ0n) is 14.4. The van der Waals surface area contributed by atoms with E-state index in [0.29, 0.717) is 11.9 Å². The SMILES string of the molecule is O=C(NC1CC1)C1(CCCCCCCCCCC2CC2)CC1. The third-order valence-electron chi connectivity index (χ3n) is 5.96. The largest absolute Gasteiger partial charge is 0.353 e. The molecule has 0 aliphatic heterocycles. The molecule has 0 spiro atoms. The summed E-state index contributed by atoms with van der Waals surface area (Å²) in [6.45, 7) is 0. The van der Waals surface area contributed by atoms with Crippen molar-refractivity contribution in [3.8, 4) is 0 Å². The van der Waals surface area contributed by atoms with Crippen molar-refractivity contribution in [2.24, 2.45) is 11.3 Å². The standard InChI is InChI=1S/C20H35NO/c22-19(21-18-12-13-18)20(15-16-20)14-8-6-4-2-1-3-5-7-9-17-10-11-17/h17-18H,1-16H2,(H,21,22). The molecule has 22 heavy (non-hydrogen) atoms. The van der Waals surface area contributed by atoms with E-state index in [1.165, 1.54) is 83.5 Å². The summed E-state index contributed by atoms with van der Waals surface area (Å²) in [6.07, 6.45) is 21.6. The molecule has 0 heterocycles. The summed E-state index contributed by atoms with van der Waals surface area (Å²) in [5.41, 5.74) is 0.0748. The Balaban J connectivity index is 1.12. The summed E-state index contributed by atoms with van der Waals surface area (Å²) in [5, 5.41) is 3.21. The Morgan fingerprint density at radius 3 is 1.95 bits per heavy atom. The molecule has 1 amide bonds. The van der Waals surface area contributed by atoms with Gasteiger partial charge in [0.1, 0.15) is 0 Å². The molecule has 3 rings (SSSR count). The summed E-state index contributed by atoms with van der Waals surface area (Å²) in [5.74, 6) is 1.50. The maximum absolute atomic E-state index is 12.2. The first-order chi connectivity index (χ1) is 10.8. The Kier molecular flexibility index (Phi) is 5.82. The van der Waals surface area contributed by atoms with E-state index in [4.69, 9.17) is 0 Å². The van der Waals surface area contributed by atoms with Crippen molar-refractivity contribution < 1.29 is 4.79 Å². The first-order valence-corrected chi connectivity index (χ1v) is 10.1. The molecular formula is C20H35NO. The van der Waals surface area contributed by atoms with Gasteiger partial charge in [0.25, 0.3) is 0 Å². The normalized spacial score (nSPS) is 22.5. The second kappa shape index (κ2) is 7.84. The summed E-state index contributed by atoms with van der Waals surface area (Å²) in [6, 6.07) is 0.532. The van der Waals surface area contributed by atoms with Crippen LogP contribution in [0.2, 0.25) is 0 Å². The fourth-order valence-corrected chi connectivity index (χ4v) is 3.67. The molecule has 3 fully saturated rings. The van der Waals surface area contributed by atoms with E-state index in [-0.39, 0.29) is 5.41 Å². The minimum atomic E-state index is 0.0748. The van der Waals surface area contributed by atoms with Gasteiger partial charge in [-0.3, -0.25) is 4.79 Å². The fourth-order valence-electron chi connectivity index (χ4n) is 3.67. The number of unbranched alkanes of at least 4 members (excludes halogenated alkanes) is 7. The number of carbonyl (C=O) groups is 1. The Morgan fingerprint density at radius 1 is 0.818 bits per heavy atom. The molecule has 3 aliphatic rings.